The van der Waals surface area contributed by atoms with Crippen molar-refractivity contribution in [2.45, 2.75) is 38.2 Å². The van der Waals surface area contributed by atoms with E-state index in [-0.39, 0.29) is 11.7 Å². The second-order valence-electron chi connectivity index (χ2n) is 6.03. The molecule has 1 aliphatic carbocycles. The minimum atomic E-state index is -0.641. The Morgan fingerprint density at radius 1 is 1.58 bits per heavy atom. The number of anilines is 2. The molecule has 0 aromatic carbocycles. The van der Waals surface area contributed by atoms with E-state index in [2.05, 4.69) is 4.90 Å². The monoisotopic (exact) mass is 280 g/mol. The van der Waals surface area contributed by atoms with Gasteiger partial charge in [0.05, 0.1) is 21.2 Å². The maximum absolute atomic E-state index is 12.1. The lowest BCUT2D eigenvalue weighted by atomic mass is 9.95. The fraction of sp³-hybridized carbons (Fsp3) is 0.643. The highest BCUT2D eigenvalue weighted by molar-refractivity contribution is 7.18. The molecular formula is C14H20N2O2S. The summed E-state index contributed by atoms with van der Waals surface area (Å²) < 4.78 is 0. The van der Waals surface area contributed by atoms with E-state index in [0.29, 0.717) is 17.1 Å². The number of hydrogen-bond donors (Lipinski definition) is 2. The maximum Gasteiger partial charge on any atom is 0.178 e. The number of nitrogens with zero attached hydrogens (tertiary/aromatic N) is 1. The Morgan fingerprint density at radius 3 is 2.95 bits per heavy atom. The van der Waals surface area contributed by atoms with Gasteiger partial charge in [-0.1, -0.05) is 0 Å². The van der Waals surface area contributed by atoms with Crippen molar-refractivity contribution in [2.75, 3.05) is 23.7 Å². The molecular weight excluding hydrogens is 260 g/mol. The van der Waals surface area contributed by atoms with Crippen molar-refractivity contribution >= 4 is 27.8 Å². The van der Waals surface area contributed by atoms with Crippen LogP contribution in [0, 0.1) is 5.92 Å². The Kier molecular flexibility index (Phi) is 3.06. The van der Waals surface area contributed by atoms with E-state index in [0.717, 1.165) is 37.2 Å². The second-order valence-corrected chi connectivity index (χ2v) is 7.06. The minimum Gasteiger partial charge on any atom is -0.397 e. The van der Waals surface area contributed by atoms with E-state index in [4.69, 9.17) is 5.73 Å². The molecule has 2 aliphatic rings. The molecule has 4 nitrogen and oxygen atoms in total. The number of carbonyl (C=O) groups excluding carboxylic acids is 1. The smallest absolute Gasteiger partial charge is 0.178 e. The van der Waals surface area contributed by atoms with Gasteiger partial charge in [0.15, 0.2) is 5.78 Å². The summed E-state index contributed by atoms with van der Waals surface area (Å²) in [6.45, 7) is 3.41. The Balaban J connectivity index is 1.81. The number of Topliss-reactive ketones (excluding diaryl/α,β-unsaturated/α-hetero) is 1. The molecule has 1 unspecified atom stereocenters. The number of carbonyl (C=O) groups is 1. The van der Waals surface area contributed by atoms with Crippen LogP contribution in [0.5, 0.6) is 0 Å². The van der Waals surface area contributed by atoms with Crippen LogP contribution in [-0.4, -0.2) is 29.6 Å². The predicted molar refractivity (Wildman–Crippen MR) is 77.9 cm³/mol. The highest BCUT2D eigenvalue weighted by atomic mass is 32.1. The van der Waals surface area contributed by atoms with Crippen LogP contribution in [0.2, 0.25) is 0 Å². The number of nitrogen functional groups attached to an aromatic ring is 1. The largest absolute Gasteiger partial charge is 0.397 e. The molecule has 1 aliphatic heterocycles. The van der Waals surface area contributed by atoms with E-state index < -0.39 is 5.60 Å². The number of β-amino-alcohol motifs (C(OH)–C–C–N with tert-alkyl or cyclic N) is 1. The molecule has 1 saturated heterocycles. The standard InChI is InChI=1S/C14H20N2O2S/c1-14(18)5-2-6-16(8-14)11-7-10(15)13(19-11)12(17)9-3-4-9/h7,9,18H,2-6,8,15H2,1H3. The van der Waals surface area contributed by atoms with Gasteiger partial charge in [-0.15, -0.1) is 11.3 Å². The van der Waals surface area contributed by atoms with E-state index in [1.165, 1.54) is 11.3 Å². The van der Waals surface area contributed by atoms with Crippen molar-refractivity contribution < 1.29 is 9.90 Å². The zero-order valence-corrected chi connectivity index (χ0v) is 12.0. The zero-order chi connectivity index (χ0) is 13.6. The molecule has 104 valence electrons. The van der Waals surface area contributed by atoms with Gasteiger partial charge in [0.1, 0.15) is 0 Å². The first kappa shape index (κ1) is 12.9. The quantitative estimate of drug-likeness (QED) is 0.834. The lowest BCUT2D eigenvalue weighted by molar-refractivity contribution is 0.0451. The number of piperidine rings is 1. The summed E-state index contributed by atoms with van der Waals surface area (Å²) in [4.78, 5) is 15.0. The highest BCUT2D eigenvalue weighted by Crippen LogP contribution is 2.40. The number of hydrogen-bond acceptors (Lipinski definition) is 5. The van der Waals surface area contributed by atoms with Gasteiger partial charge in [-0.25, -0.2) is 0 Å². The van der Waals surface area contributed by atoms with Gasteiger partial charge >= 0.3 is 0 Å². The molecule has 1 aromatic rings. The molecule has 1 atom stereocenters. The van der Waals surface area contributed by atoms with E-state index in [1.807, 2.05) is 13.0 Å². The first-order valence-corrected chi connectivity index (χ1v) is 7.69. The molecule has 0 radical (unpaired) electrons. The summed E-state index contributed by atoms with van der Waals surface area (Å²) in [5, 5.41) is 11.2. The van der Waals surface area contributed by atoms with Gasteiger partial charge < -0.3 is 15.7 Å². The number of ketones is 1. The van der Waals surface area contributed by atoms with Gasteiger partial charge in [0, 0.05) is 19.0 Å². The third kappa shape index (κ3) is 2.62. The summed E-state index contributed by atoms with van der Waals surface area (Å²) in [6, 6.07) is 1.89. The average molecular weight is 280 g/mol. The van der Waals surface area contributed by atoms with E-state index in [1.54, 1.807) is 0 Å². The highest BCUT2D eigenvalue weighted by Gasteiger charge is 2.34. The fourth-order valence-corrected chi connectivity index (χ4v) is 3.80. The van der Waals surface area contributed by atoms with E-state index in [9.17, 15) is 9.90 Å². The molecule has 2 fully saturated rings. The van der Waals surface area contributed by atoms with Crippen LogP contribution < -0.4 is 10.6 Å². The molecule has 3 rings (SSSR count). The average Bonchev–Trinajstić information content (AvgIpc) is 3.10. The van der Waals surface area contributed by atoms with Crippen LogP contribution in [0.15, 0.2) is 6.07 Å². The molecule has 3 N–H and O–H groups in total. The topological polar surface area (TPSA) is 66.6 Å². The first-order chi connectivity index (χ1) is 8.96. The van der Waals surface area contributed by atoms with Crippen LogP contribution in [0.3, 0.4) is 0 Å². The first-order valence-electron chi connectivity index (χ1n) is 6.87. The SMILES string of the molecule is CC1(O)CCCN(c2cc(N)c(C(=O)C3CC3)s2)C1. The zero-order valence-electron chi connectivity index (χ0n) is 11.2. The van der Waals surface area contributed by atoms with Crippen molar-refractivity contribution in [3.05, 3.63) is 10.9 Å². The summed E-state index contributed by atoms with van der Waals surface area (Å²) in [6.07, 6.45) is 3.81. The van der Waals surface area contributed by atoms with Crippen molar-refractivity contribution in [1.82, 2.24) is 0 Å². The van der Waals surface area contributed by atoms with Crippen LogP contribution in [0.1, 0.15) is 42.3 Å². The Morgan fingerprint density at radius 2 is 2.32 bits per heavy atom. The second kappa shape index (κ2) is 4.49. The fourth-order valence-electron chi connectivity index (χ4n) is 2.68. The summed E-state index contributed by atoms with van der Waals surface area (Å²) in [5.41, 5.74) is 5.94. The summed E-state index contributed by atoms with van der Waals surface area (Å²) in [7, 11) is 0. The molecule has 0 bridgehead atoms. The van der Waals surface area contributed by atoms with Crippen LogP contribution >= 0.6 is 11.3 Å². The van der Waals surface area contributed by atoms with E-state index >= 15 is 0 Å². The number of thiophene rings is 1. The van der Waals surface area contributed by atoms with Gasteiger partial charge in [-0.05, 0) is 38.7 Å². The van der Waals surface area contributed by atoms with Crippen LogP contribution in [-0.2, 0) is 0 Å². The lowest BCUT2D eigenvalue weighted by Gasteiger charge is -2.37. The molecule has 19 heavy (non-hydrogen) atoms. The van der Waals surface area contributed by atoms with Crippen molar-refractivity contribution in [1.29, 1.82) is 0 Å². The third-order valence-corrected chi connectivity index (χ3v) is 5.13. The van der Waals surface area contributed by atoms with Gasteiger partial charge in [-0.3, -0.25) is 4.79 Å². The Labute approximate surface area is 117 Å². The molecule has 1 aromatic heterocycles. The maximum atomic E-state index is 12.1. The summed E-state index contributed by atoms with van der Waals surface area (Å²) >= 11 is 1.48. The van der Waals surface area contributed by atoms with Gasteiger partial charge in [-0.2, -0.15) is 0 Å². The molecule has 0 spiro atoms. The Bertz CT molecular complexity index is 506. The lowest BCUT2D eigenvalue weighted by Crippen LogP contribution is -2.45. The number of rotatable bonds is 3. The van der Waals surface area contributed by atoms with Crippen LogP contribution in [0.25, 0.3) is 0 Å². The number of aliphatic hydroxyl groups is 1. The molecule has 5 heteroatoms. The normalized spacial score (nSPS) is 27.6. The number of nitrogens with two attached hydrogens (primary N) is 1. The Hall–Kier alpha value is -1.07. The van der Waals surface area contributed by atoms with Crippen LogP contribution in [0.4, 0.5) is 10.7 Å². The van der Waals surface area contributed by atoms with Crippen molar-refractivity contribution in [2.24, 2.45) is 5.92 Å². The third-order valence-electron chi connectivity index (χ3n) is 3.91. The minimum absolute atomic E-state index is 0.206. The van der Waals surface area contributed by atoms with Gasteiger partial charge in [0.2, 0.25) is 0 Å². The van der Waals surface area contributed by atoms with Crippen molar-refractivity contribution in [3.63, 3.8) is 0 Å². The van der Waals surface area contributed by atoms with Crippen molar-refractivity contribution in [3.8, 4) is 0 Å². The molecule has 1 saturated carbocycles. The van der Waals surface area contributed by atoms with Gasteiger partial charge in [0.25, 0.3) is 0 Å². The molecule has 0 amide bonds. The predicted octanol–water partition coefficient (Wildman–Crippen LogP) is 2.27. The summed E-state index contributed by atoms with van der Waals surface area (Å²) in [5.74, 6) is 0.413. The molecule has 2 heterocycles.